The highest BCUT2D eigenvalue weighted by atomic mass is 32.1. The van der Waals surface area contributed by atoms with E-state index in [0.717, 1.165) is 276 Å². The van der Waals surface area contributed by atoms with E-state index < -0.39 is 0 Å². The van der Waals surface area contributed by atoms with Gasteiger partial charge >= 0.3 is 0 Å². The first kappa shape index (κ1) is 148. The van der Waals surface area contributed by atoms with Gasteiger partial charge in [-0.3, -0.25) is 25.0 Å². The van der Waals surface area contributed by atoms with Crippen LogP contribution in [0.3, 0.4) is 0 Å². The number of rotatable bonds is 34. The van der Waals surface area contributed by atoms with Gasteiger partial charge in [-0.2, -0.15) is 0 Å². The molecule has 0 fully saturated rings. The fourth-order valence-electron chi connectivity index (χ4n) is 7.39. The normalized spacial score (nSPS) is 11.8. The Morgan fingerprint density at radius 1 is 0.376 bits per heavy atom. The van der Waals surface area contributed by atoms with Crippen LogP contribution in [0, 0.1) is 5.92 Å². The maximum absolute atomic E-state index is 5.32. The standard InChI is InChI=1S/C10H12S.C8H15NO.C7H13NO2.C6H11NO2.C6H11NO.C6H10S.C5H9NO.C5H8OS2.2C5H10OS.4C5H10S.2C4H8S.C3H6S.C3H8/c1-3-9-4-6-10(7-5-9)8(2)11;1-3-4-7(2)8-9-5-6-10-8;1-2-9-5-3-7-8-4-6-10-7;1-2-8-5-6-7-3-4-9-6;1-2-3-6-7-4-5-8-6;1-4-5(2)6(3)7;1-2-5-6-3-4-7-5;1-3-5(8)6-4(2)7;2*1-3-6-4-5(2)7;4*1-3-4-5(2)6;2*1-3-4(2)5;1-3(2)4;1-3-2/h4-7H,3H2,1-2H3;7H,3-6H2,1-2H3;2-6H2,1H3;2-5H2,1H3;2-5H2,1H3;2,4H2,1,3H3;2-4H2,1H3;3H2,1-2H3;2*3-4H2,1-2H3;4*3-4H2,1-2H3;2*3H2,1-2H3;1-2H3;3H2,1-2H3. The molecule has 0 spiro atoms. The molecule has 730 valence electrons. The molecule has 6 rings (SSSR count). The average molecular weight is 1990 g/mol. The fraction of sp³-hybridized carbons (Fsp3) is 0.732. The molecular formula is C97H179N5O10S13. The highest BCUT2D eigenvalue weighted by Crippen LogP contribution is 2.12. The predicted octanol–water partition coefficient (Wildman–Crippen LogP) is 30.5. The van der Waals surface area contributed by atoms with Gasteiger partial charge in [-0.25, -0.2) is 0 Å². The minimum Gasteiger partial charge on any atom is -0.479 e. The first-order valence-electron chi connectivity index (χ1n) is 45.0. The largest absolute Gasteiger partial charge is 0.479 e. The monoisotopic (exact) mass is 1990 g/mol. The summed E-state index contributed by atoms with van der Waals surface area (Å²) in [5, 5.41) is 1.06. The quantitative estimate of drug-likeness (QED) is 0.0278. The molecule has 0 aromatic heterocycles. The average Bonchev–Trinajstić information content (AvgIpc) is 1.66. The molecule has 0 saturated heterocycles. The molecule has 0 radical (unpaired) electrons. The minimum atomic E-state index is 0.497. The Bertz CT molecular complexity index is 2910. The van der Waals surface area contributed by atoms with Gasteiger partial charge in [0.2, 0.25) is 5.90 Å². The second-order valence-corrected chi connectivity index (χ2v) is 36.2. The third kappa shape index (κ3) is 156. The molecule has 0 aliphatic carbocycles. The van der Waals surface area contributed by atoms with Gasteiger partial charge in [-0.15, -0.1) is 0 Å². The van der Waals surface area contributed by atoms with Gasteiger partial charge in [0, 0.05) is 84.4 Å². The predicted molar refractivity (Wildman–Crippen MR) is 611 cm³/mol. The molecule has 0 saturated carbocycles. The summed E-state index contributed by atoms with van der Waals surface area (Å²) in [7, 11) is 0. The topological polar surface area (TPSA) is 154 Å². The maximum Gasteiger partial charge on any atom is 0.210 e. The minimum absolute atomic E-state index is 0.497. The van der Waals surface area contributed by atoms with E-state index in [1.807, 2.05) is 125 Å². The molecule has 0 N–H and O–H groups in total. The van der Waals surface area contributed by atoms with Crippen LogP contribution in [0.15, 0.2) is 61.4 Å². The van der Waals surface area contributed by atoms with E-state index in [1.165, 1.54) is 50.5 Å². The van der Waals surface area contributed by atoms with E-state index in [9.17, 15) is 0 Å². The molecule has 5 aliphatic heterocycles. The molecule has 5 heterocycles. The van der Waals surface area contributed by atoms with Gasteiger partial charge in [-0.05, 0) is 250 Å². The highest BCUT2D eigenvalue weighted by molar-refractivity contribution is 7.82. The van der Waals surface area contributed by atoms with Gasteiger partial charge in [0.1, 0.15) is 39.6 Å². The summed E-state index contributed by atoms with van der Waals surface area (Å²) >= 11 is 61.8. The molecule has 1 aromatic rings. The third-order valence-corrected chi connectivity index (χ3v) is 16.5. The van der Waals surface area contributed by atoms with Crippen LogP contribution in [-0.4, -0.2) is 212 Å². The molecule has 1 unspecified atom stereocenters. The van der Waals surface area contributed by atoms with E-state index in [1.54, 1.807) is 6.92 Å². The summed E-state index contributed by atoms with van der Waals surface area (Å²) in [6, 6.07) is 8.43. The first-order chi connectivity index (χ1) is 59.0. The van der Waals surface area contributed by atoms with E-state index >= 15 is 0 Å². The van der Waals surface area contributed by atoms with E-state index in [0.29, 0.717) is 35.8 Å². The van der Waals surface area contributed by atoms with Crippen molar-refractivity contribution in [2.24, 2.45) is 30.9 Å². The Hall–Kier alpha value is -2.88. The summed E-state index contributed by atoms with van der Waals surface area (Å²) in [6.45, 7) is 81.8. The molecule has 0 bridgehead atoms. The van der Waals surface area contributed by atoms with Gasteiger partial charge in [0.15, 0.2) is 33.7 Å². The number of aryl methyl sites for hydroxylation is 1. The van der Waals surface area contributed by atoms with Crippen LogP contribution in [0.4, 0.5) is 0 Å². The SMILES string of the molecule is C=C(CC)C(C)=S.CC(C)=S.CCC.CCC(=S)OC(C)=S.CCC(C)=S.CCC(C)=S.CCC1=NCCO1.CCCC(C)=S.CCCC(C)=S.CCCC(C)=S.CCCC(C)=S.CCCC(C)C1=NCCO1.CCCC1=NCCO1.CCOCC(C)=S.CCOCC(C)=S.CCOCC1=NCCO1.CCOCCC1=NCCO1.CCc1ccc(C(C)=S)cc1. The zero-order chi connectivity index (χ0) is 99.0. The van der Waals surface area contributed by atoms with Crippen LogP contribution in [0.5, 0.6) is 0 Å². The molecule has 15 nitrogen and oxygen atoms in total. The van der Waals surface area contributed by atoms with Gasteiger partial charge < -0.3 is 47.4 Å². The lowest BCUT2D eigenvalue weighted by molar-refractivity contribution is 0.150. The van der Waals surface area contributed by atoms with Gasteiger partial charge in [0.25, 0.3) is 0 Å². The van der Waals surface area contributed by atoms with Crippen LogP contribution in [0.2, 0.25) is 0 Å². The molecule has 1 atom stereocenters. The van der Waals surface area contributed by atoms with Crippen LogP contribution < -0.4 is 0 Å². The van der Waals surface area contributed by atoms with Crippen molar-refractivity contribution in [3.05, 3.63) is 47.5 Å². The fourth-order valence-corrected chi connectivity index (χ4v) is 8.93. The molecule has 28 heteroatoms. The number of hydrogen-bond acceptors (Lipinski definition) is 28. The number of aliphatic imine (C=N–C) groups is 5. The number of hydrogen-bond donors (Lipinski definition) is 0. The van der Waals surface area contributed by atoms with Crippen molar-refractivity contribution in [1.82, 2.24) is 0 Å². The number of benzene rings is 1. The molecule has 0 amide bonds. The zero-order valence-electron chi connectivity index (χ0n) is 84.6. The Kier molecular flexibility index (Phi) is 143. The molecule has 1 aromatic carbocycles. The Labute approximate surface area is 838 Å². The lowest BCUT2D eigenvalue weighted by Crippen LogP contribution is -2.10. The van der Waals surface area contributed by atoms with Crippen LogP contribution in [0.1, 0.15) is 355 Å². The van der Waals surface area contributed by atoms with Crippen molar-refractivity contribution in [2.75, 3.05) is 119 Å². The van der Waals surface area contributed by atoms with E-state index in [2.05, 4.69) is 170 Å². The van der Waals surface area contributed by atoms with Crippen molar-refractivity contribution in [3.8, 4) is 0 Å². The third-order valence-electron chi connectivity index (χ3n) is 13.9. The Balaban J connectivity index is -0.000000109. The summed E-state index contributed by atoms with van der Waals surface area (Å²) in [5.74, 6) is 4.98. The van der Waals surface area contributed by atoms with Crippen LogP contribution in [0.25, 0.3) is 0 Å². The molecule has 125 heavy (non-hydrogen) atoms. The maximum atomic E-state index is 5.32. The zero-order valence-corrected chi connectivity index (χ0v) is 95.2. The lowest BCUT2D eigenvalue weighted by Gasteiger charge is -2.08. The summed E-state index contributed by atoms with van der Waals surface area (Å²) < 4.78 is 50.7. The molecule has 5 aliphatic rings. The summed E-state index contributed by atoms with van der Waals surface area (Å²) in [5.41, 5.74) is 3.61. The van der Waals surface area contributed by atoms with E-state index in [4.69, 9.17) is 182 Å². The second kappa shape index (κ2) is 121. The van der Waals surface area contributed by atoms with Crippen molar-refractivity contribution < 1.29 is 47.4 Å². The number of thiocarbonyl (C=S) groups is 13. The van der Waals surface area contributed by atoms with Gasteiger partial charge in [-0.1, -0.05) is 308 Å². The number of ether oxygens (including phenoxy) is 10. The Morgan fingerprint density at radius 3 is 0.904 bits per heavy atom. The van der Waals surface area contributed by atoms with Crippen LogP contribution >= 0.6 is 159 Å². The summed E-state index contributed by atoms with van der Waals surface area (Å²) in [6.07, 6.45) is 21.7. The van der Waals surface area contributed by atoms with Crippen molar-refractivity contribution >= 4 is 252 Å². The highest BCUT2D eigenvalue weighted by Gasteiger charge is 2.14. The summed E-state index contributed by atoms with van der Waals surface area (Å²) in [4.78, 5) is 32.0. The lowest BCUT2D eigenvalue weighted by atomic mass is 10.1. The number of allylic oxidation sites excluding steroid dienone is 1. The smallest absolute Gasteiger partial charge is 0.210 e. The van der Waals surface area contributed by atoms with Crippen molar-refractivity contribution in [3.63, 3.8) is 0 Å². The van der Waals surface area contributed by atoms with Crippen molar-refractivity contribution in [2.45, 2.75) is 350 Å². The van der Waals surface area contributed by atoms with Crippen LogP contribution in [-0.2, 0) is 53.8 Å². The Morgan fingerprint density at radius 2 is 0.712 bits per heavy atom. The first-order valence-corrected chi connectivity index (χ1v) is 50.3. The molecular weight excluding hydrogens is 1810 g/mol. The number of nitrogens with zero attached hydrogens (tertiary/aromatic N) is 5. The second-order valence-electron chi connectivity index (χ2n) is 27.6. The van der Waals surface area contributed by atoms with Crippen molar-refractivity contribution in [1.29, 1.82) is 0 Å². The van der Waals surface area contributed by atoms with Gasteiger partial charge in [0.05, 0.1) is 52.5 Å². The van der Waals surface area contributed by atoms with E-state index in [-0.39, 0.29) is 0 Å².